The van der Waals surface area contributed by atoms with E-state index in [1.807, 2.05) is 45.0 Å². The fourth-order valence-corrected chi connectivity index (χ4v) is 1.96. The summed E-state index contributed by atoms with van der Waals surface area (Å²) >= 11 is 3.38. The van der Waals surface area contributed by atoms with Crippen LogP contribution in [0.4, 0.5) is 0 Å². The molecule has 110 valence electrons. The molecule has 5 nitrogen and oxygen atoms in total. The number of hydrazone groups is 1. The van der Waals surface area contributed by atoms with E-state index in [2.05, 4.69) is 36.7 Å². The molecule has 6 heteroatoms. The first kappa shape index (κ1) is 15.4. The normalized spacial score (nSPS) is 11.8. The Labute approximate surface area is 132 Å². The first-order chi connectivity index (χ1) is 9.97. The molecular weight excluding hydrogens is 332 g/mol. The molecule has 0 saturated heterocycles. The fourth-order valence-electron chi connectivity index (χ4n) is 1.70. The van der Waals surface area contributed by atoms with Crippen molar-refractivity contribution in [1.29, 1.82) is 0 Å². The summed E-state index contributed by atoms with van der Waals surface area (Å²) in [6.07, 6.45) is 0. The molecule has 0 radical (unpaired) electrons. The van der Waals surface area contributed by atoms with Gasteiger partial charge in [0.15, 0.2) is 5.69 Å². The van der Waals surface area contributed by atoms with E-state index in [-0.39, 0.29) is 5.91 Å². The van der Waals surface area contributed by atoms with Crippen LogP contribution in [0.1, 0.15) is 48.4 Å². The third kappa shape index (κ3) is 4.01. The molecule has 2 aromatic rings. The number of nitrogens with one attached hydrogen (secondary N) is 2. The van der Waals surface area contributed by atoms with Crippen molar-refractivity contribution >= 4 is 27.5 Å². The van der Waals surface area contributed by atoms with Gasteiger partial charge in [0.25, 0.3) is 5.91 Å². The average Bonchev–Trinajstić information content (AvgIpc) is 2.95. The maximum Gasteiger partial charge on any atom is 0.291 e. The van der Waals surface area contributed by atoms with E-state index in [1.165, 1.54) is 0 Å². The highest BCUT2D eigenvalue weighted by Gasteiger charge is 2.11. The summed E-state index contributed by atoms with van der Waals surface area (Å²) in [6.45, 7) is 5.91. The SMILES string of the molecule is C/C(=N\NC(=O)c1cc(C(C)C)[nH]n1)c1ccc(Br)cc1. The molecule has 0 bridgehead atoms. The molecule has 0 aliphatic heterocycles. The minimum atomic E-state index is -0.324. The van der Waals surface area contributed by atoms with Gasteiger partial charge in [0.05, 0.1) is 5.71 Å². The van der Waals surface area contributed by atoms with Crippen LogP contribution >= 0.6 is 15.9 Å². The Balaban J connectivity index is 2.05. The third-order valence-electron chi connectivity index (χ3n) is 3.04. The molecule has 0 unspecified atom stereocenters. The Kier molecular flexibility index (Phi) is 4.90. The second-order valence-electron chi connectivity index (χ2n) is 5.01. The van der Waals surface area contributed by atoms with Crippen molar-refractivity contribution in [3.05, 3.63) is 51.8 Å². The summed E-state index contributed by atoms with van der Waals surface area (Å²) in [4.78, 5) is 12.0. The number of amides is 1. The molecule has 0 spiro atoms. The molecule has 1 heterocycles. The number of carbonyl (C=O) groups excluding carboxylic acids is 1. The number of nitrogens with zero attached hydrogens (tertiary/aromatic N) is 2. The number of aromatic nitrogens is 2. The number of hydrogen-bond donors (Lipinski definition) is 2. The van der Waals surface area contributed by atoms with E-state index in [9.17, 15) is 4.79 Å². The van der Waals surface area contributed by atoms with Crippen LogP contribution in [0.3, 0.4) is 0 Å². The lowest BCUT2D eigenvalue weighted by molar-refractivity contribution is 0.0950. The number of hydrogen-bond acceptors (Lipinski definition) is 3. The topological polar surface area (TPSA) is 70.1 Å². The zero-order valence-corrected chi connectivity index (χ0v) is 13.7. The van der Waals surface area contributed by atoms with Gasteiger partial charge in [-0.25, -0.2) is 5.43 Å². The highest BCUT2D eigenvalue weighted by atomic mass is 79.9. The molecule has 0 fully saturated rings. The van der Waals surface area contributed by atoms with Crippen LogP contribution in [0.5, 0.6) is 0 Å². The van der Waals surface area contributed by atoms with E-state index in [1.54, 1.807) is 6.07 Å². The monoisotopic (exact) mass is 348 g/mol. The van der Waals surface area contributed by atoms with Crippen LogP contribution in [0, 0.1) is 0 Å². The summed E-state index contributed by atoms with van der Waals surface area (Å²) < 4.78 is 1.00. The summed E-state index contributed by atoms with van der Waals surface area (Å²) in [6, 6.07) is 9.46. The van der Waals surface area contributed by atoms with Gasteiger partial charge in [-0.05, 0) is 36.6 Å². The fraction of sp³-hybridized carbons (Fsp3) is 0.267. The van der Waals surface area contributed by atoms with Crippen molar-refractivity contribution in [2.75, 3.05) is 0 Å². The number of H-pyrrole nitrogens is 1. The molecule has 0 saturated carbocycles. The molecule has 0 aliphatic rings. The van der Waals surface area contributed by atoms with Crippen molar-refractivity contribution < 1.29 is 4.79 Å². The van der Waals surface area contributed by atoms with Crippen LogP contribution in [0.25, 0.3) is 0 Å². The van der Waals surface area contributed by atoms with Crippen LogP contribution in [-0.4, -0.2) is 21.8 Å². The van der Waals surface area contributed by atoms with E-state index < -0.39 is 0 Å². The first-order valence-corrected chi connectivity index (χ1v) is 7.42. The molecule has 21 heavy (non-hydrogen) atoms. The minimum Gasteiger partial charge on any atom is -0.282 e. The molecule has 0 aliphatic carbocycles. The lowest BCUT2D eigenvalue weighted by Gasteiger charge is -2.01. The third-order valence-corrected chi connectivity index (χ3v) is 3.57. The van der Waals surface area contributed by atoms with E-state index in [0.29, 0.717) is 11.6 Å². The predicted octanol–water partition coefficient (Wildman–Crippen LogP) is 3.45. The molecule has 1 aromatic carbocycles. The lowest BCUT2D eigenvalue weighted by Crippen LogP contribution is -2.19. The van der Waals surface area contributed by atoms with Crippen LogP contribution in [0.2, 0.25) is 0 Å². The summed E-state index contributed by atoms with van der Waals surface area (Å²) in [5.74, 6) is -0.0262. The zero-order chi connectivity index (χ0) is 15.4. The highest BCUT2D eigenvalue weighted by molar-refractivity contribution is 9.10. The minimum absolute atomic E-state index is 0.298. The summed E-state index contributed by atoms with van der Waals surface area (Å²) in [5, 5.41) is 10.9. The van der Waals surface area contributed by atoms with Gasteiger partial charge in [0.2, 0.25) is 0 Å². The number of halogens is 1. The molecule has 0 atom stereocenters. The van der Waals surface area contributed by atoms with Crippen LogP contribution in [-0.2, 0) is 0 Å². The Hall–Kier alpha value is -1.95. The number of benzene rings is 1. The Morgan fingerprint density at radius 2 is 2.00 bits per heavy atom. The average molecular weight is 349 g/mol. The number of aromatic amines is 1. The van der Waals surface area contributed by atoms with Crippen molar-refractivity contribution in [3.8, 4) is 0 Å². The zero-order valence-electron chi connectivity index (χ0n) is 12.1. The summed E-state index contributed by atoms with van der Waals surface area (Å²) in [7, 11) is 0. The largest absolute Gasteiger partial charge is 0.291 e. The molecule has 1 aromatic heterocycles. The van der Waals surface area contributed by atoms with Crippen molar-refractivity contribution in [2.24, 2.45) is 5.10 Å². The van der Waals surface area contributed by atoms with Gasteiger partial charge in [-0.1, -0.05) is 41.9 Å². The maximum absolute atomic E-state index is 12.0. The summed E-state index contributed by atoms with van der Waals surface area (Å²) in [5.41, 5.74) is 5.46. The van der Waals surface area contributed by atoms with Gasteiger partial charge >= 0.3 is 0 Å². The molecule has 1 amide bonds. The second-order valence-corrected chi connectivity index (χ2v) is 5.92. The van der Waals surface area contributed by atoms with Crippen molar-refractivity contribution in [2.45, 2.75) is 26.7 Å². The molecule has 2 N–H and O–H groups in total. The first-order valence-electron chi connectivity index (χ1n) is 6.63. The van der Waals surface area contributed by atoms with Gasteiger partial charge < -0.3 is 0 Å². The van der Waals surface area contributed by atoms with E-state index in [0.717, 1.165) is 21.4 Å². The lowest BCUT2D eigenvalue weighted by atomic mass is 10.1. The number of carbonyl (C=O) groups is 1. The Morgan fingerprint density at radius 1 is 1.33 bits per heavy atom. The quantitative estimate of drug-likeness (QED) is 0.656. The second kappa shape index (κ2) is 6.67. The molecule has 2 rings (SSSR count). The smallest absolute Gasteiger partial charge is 0.282 e. The van der Waals surface area contributed by atoms with Gasteiger partial charge in [-0.2, -0.15) is 10.2 Å². The standard InChI is InChI=1S/C15H17BrN4O/c1-9(2)13-8-14(19-18-13)15(21)20-17-10(3)11-4-6-12(16)7-5-11/h4-9H,1-3H3,(H,18,19)(H,20,21)/b17-10+. The van der Waals surface area contributed by atoms with Crippen molar-refractivity contribution in [3.63, 3.8) is 0 Å². The predicted molar refractivity (Wildman–Crippen MR) is 86.5 cm³/mol. The maximum atomic E-state index is 12.0. The van der Waals surface area contributed by atoms with Crippen LogP contribution < -0.4 is 5.43 Å². The van der Waals surface area contributed by atoms with E-state index >= 15 is 0 Å². The highest BCUT2D eigenvalue weighted by Crippen LogP contribution is 2.12. The van der Waals surface area contributed by atoms with Crippen molar-refractivity contribution in [1.82, 2.24) is 15.6 Å². The van der Waals surface area contributed by atoms with Gasteiger partial charge in [0.1, 0.15) is 0 Å². The Morgan fingerprint density at radius 3 is 2.57 bits per heavy atom. The van der Waals surface area contributed by atoms with Crippen LogP contribution in [0.15, 0.2) is 39.9 Å². The van der Waals surface area contributed by atoms with E-state index in [4.69, 9.17) is 0 Å². The number of rotatable bonds is 4. The Bertz CT molecular complexity index is 659. The van der Waals surface area contributed by atoms with Gasteiger partial charge in [0, 0.05) is 10.2 Å². The van der Waals surface area contributed by atoms with Gasteiger partial charge in [-0.15, -0.1) is 0 Å². The van der Waals surface area contributed by atoms with Gasteiger partial charge in [-0.3, -0.25) is 9.89 Å². The molecular formula is C15H17BrN4O.